The van der Waals surface area contributed by atoms with Crippen molar-refractivity contribution in [2.45, 2.75) is 76.9 Å². The highest BCUT2D eigenvalue weighted by Gasteiger charge is 2.32. The second-order valence-electron chi connectivity index (χ2n) is 8.82. The fraction of sp³-hybridized carbons (Fsp3) is 0.750. The summed E-state index contributed by atoms with van der Waals surface area (Å²) in [5, 5.41) is 0. The highest BCUT2D eigenvalue weighted by molar-refractivity contribution is 5.68. The van der Waals surface area contributed by atoms with Gasteiger partial charge in [0.25, 0.3) is 0 Å². The summed E-state index contributed by atoms with van der Waals surface area (Å²) in [5.74, 6) is 1.67. The maximum absolute atomic E-state index is 12.3. The van der Waals surface area contributed by atoms with Crippen LogP contribution in [-0.4, -0.2) is 52.7 Å². The van der Waals surface area contributed by atoms with E-state index in [1.807, 2.05) is 27.8 Å². The minimum absolute atomic E-state index is 0.200. The fourth-order valence-corrected chi connectivity index (χ4v) is 4.00. The van der Waals surface area contributed by atoms with Crippen molar-refractivity contribution >= 4 is 17.9 Å². The first-order chi connectivity index (χ1) is 12.7. The monoisotopic (exact) mass is 375 g/mol. The number of likely N-dealkylation sites (N-methyl/N-ethyl adjacent to an activating group) is 1. The van der Waals surface area contributed by atoms with Gasteiger partial charge in [-0.05, 0) is 40.0 Å². The normalized spacial score (nSPS) is 21.3. The van der Waals surface area contributed by atoms with Crippen LogP contribution in [0.3, 0.4) is 0 Å². The molecule has 1 aromatic rings. The number of hydrogen-bond donors (Lipinski definition) is 1. The molecule has 1 saturated heterocycles. The van der Waals surface area contributed by atoms with Crippen molar-refractivity contribution in [3.8, 4) is 0 Å². The van der Waals surface area contributed by atoms with Crippen LogP contribution in [-0.2, 0) is 4.74 Å². The summed E-state index contributed by atoms with van der Waals surface area (Å²) < 4.78 is 5.50. The topological polar surface area (TPSA) is 84.6 Å². The molecule has 1 aromatic heterocycles. The number of likely N-dealkylation sites (tertiary alicyclic amines) is 1. The molecule has 2 heterocycles. The highest BCUT2D eigenvalue weighted by atomic mass is 16.6. The first kappa shape index (κ1) is 19.7. The standard InChI is InChI=1S/C20H33N5O2/c1-20(2,3)27-19(26)25-11-10-15(13-25)24(4)17-12-16(22-18(21)23-17)14-8-6-5-7-9-14/h12,14-15H,5-11,13H2,1-4H3,(H2,21,22,23). The highest BCUT2D eigenvalue weighted by Crippen LogP contribution is 2.33. The van der Waals surface area contributed by atoms with Gasteiger partial charge in [-0.2, -0.15) is 4.98 Å². The number of ether oxygens (including phenoxy) is 1. The van der Waals surface area contributed by atoms with Crippen LogP contribution in [0.5, 0.6) is 0 Å². The molecule has 1 aliphatic heterocycles. The van der Waals surface area contributed by atoms with E-state index in [4.69, 9.17) is 10.5 Å². The number of nitrogen functional groups attached to an aromatic ring is 1. The summed E-state index contributed by atoms with van der Waals surface area (Å²) in [6.45, 7) is 7.00. The van der Waals surface area contributed by atoms with Gasteiger partial charge in [0.15, 0.2) is 0 Å². The molecule has 2 fully saturated rings. The lowest BCUT2D eigenvalue weighted by Crippen LogP contribution is -2.39. The Morgan fingerprint density at radius 1 is 1.22 bits per heavy atom. The third kappa shape index (κ3) is 5.02. The minimum atomic E-state index is -0.475. The van der Waals surface area contributed by atoms with Gasteiger partial charge in [-0.1, -0.05) is 19.3 Å². The van der Waals surface area contributed by atoms with E-state index < -0.39 is 5.60 Å². The molecular weight excluding hydrogens is 342 g/mol. The quantitative estimate of drug-likeness (QED) is 0.870. The predicted molar refractivity (Wildman–Crippen MR) is 107 cm³/mol. The second kappa shape index (κ2) is 7.90. The molecule has 27 heavy (non-hydrogen) atoms. The van der Waals surface area contributed by atoms with Gasteiger partial charge in [0.05, 0.1) is 5.69 Å². The number of nitrogens with two attached hydrogens (primary N) is 1. The first-order valence-electron chi connectivity index (χ1n) is 10.1. The fourth-order valence-electron chi connectivity index (χ4n) is 4.00. The van der Waals surface area contributed by atoms with Gasteiger partial charge in [0.1, 0.15) is 11.4 Å². The van der Waals surface area contributed by atoms with E-state index in [2.05, 4.69) is 20.9 Å². The summed E-state index contributed by atoms with van der Waals surface area (Å²) in [4.78, 5) is 25.2. The van der Waals surface area contributed by atoms with Crippen LogP contribution in [0.2, 0.25) is 0 Å². The van der Waals surface area contributed by atoms with Crippen molar-refractivity contribution in [3.05, 3.63) is 11.8 Å². The molecule has 0 radical (unpaired) electrons. The van der Waals surface area contributed by atoms with Crippen LogP contribution in [0.15, 0.2) is 6.07 Å². The van der Waals surface area contributed by atoms with Crippen molar-refractivity contribution in [1.29, 1.82) is 0 Å². The van der Waals surface area contributed by atoms with Crippen molar-refractivity contribution in [2.75, 3.05) is 30.8 Å². The molecule has 150 valence electrons. The number of hydrogen-bond acceptors (Lipinski definition) is 6. The Morgan fingerprint density at radius 2 is 1.93 bits per heavy atom. The maximum atomic E-state index is 12.3. The maximum Gasteiger partial charge on any atom is 0.410 e. The molecule has 1 unspecified atom stereocenters. The van der Waals surface area contributed by atoms with Crippen LogP contribution in [0.25, 0.3) is 0 Å². The Bertz CT molecular complexity index is 667. The van der Waals surface area contributed by atoms with E-state index in [1.165, 1.54) is 32.1 Å². The molecule has 3 rings (SSSR count). The van der Waals surface area contributed by atoms with E-state index in [1.54, 1.807) is 4.90 Å². The number of rotatable bonds is 3. The van der Waals surface area contributed by atoms with Crippen molar-refractivity contribution < 1.29 is 9.53 Å². The summed E-state index contributed by atoms with van der Waals surface area (Å²) in [6, 6.07) is 2.29. The zero-order chi connectivity index (χ0) is 19.6. The lowest BCUT2D eigenvalue weighted by atomic mass is 9.87. The number of carbonyl (C=O) groups is 1. The van der Waals surface area contributed by atoms with Gasteiger partial charge in [-0.3, -0.25) is 0 Å². The van der Waals surface area contributed by atoms with Crippen LogP contribution >= 0.6 is 0 Å². The average molecular weight is 376 g/mol. The number of carbonyl (C=O) groups excluding carboxylic acids is 1. The summed E-state index contributed by atoms with van der Waals surface area (Å²) in [7, 11) is 2.02. The lowest BCUT2D eigenvalue weighted by molar-refractivity contribution is 0.0292. The van der Waals surface area contributed by atoms with Crippen LogP contribution in [0, 0.1) is 0 Å². The molecular formula is C20H33N5O2. The molecule has 2 aliphatic rings. The largest absolute Gasteiger partial charge is 0.444 e. The Balaban J connectivity index is 1.68. The molecule has 7 heteroatoms. The molecule has 1 saturated carbocycles. The van der Waals surface area contributed by atoms with E-state index in [9.17, 15) is 4.79 Å². The predicted octanol–water partition coefficient (Wildman–Crippen LogP) is 3.55. The SMILES string of the molecule is CN(c1cc(C2CCCCC2)nc(N)n1)C1CCN(C(=O)OC(C)(C)C)C1. The van der Waals surface area contributed by atoms with Crippen LogP contribution in [0.4, 0.5) is 16.6 Å². The van der Waals surface area contributed by atoms with Gasteiger partial charge < -0.3 is 20.3 Å². The van der Waals surface area contributed by atoms with Crippen molar-refractivity contribution in [3.63, 3.8) is 0 Å². The summed E-state index contributed by atoms with van der Waals surface area (Å²) >= 11 is 0. The van der Waals surface area contributed by atoms with Crippen LogP contribution < -0.4 is 10.6 Å². The molecule has 0 aromatic carbocycles. The molecule has 1 atom stereocenters. The van der Waals surface area contributed by atoms with Crippen molar-refractivity contribution in [2.24, 2.45) is 0 Å². The van der Waals surface area contributed by atoms with Gasteiger partial charge in [0, 0.05) is 38.2 Å². The Kier molecular flexibility index (Phi) is 5.77. The lowest BCUT2D eigenvalue weighted by Gasteiger charge is -2.28. The smallest absolute Gasteiger partial charge is 0.410 e. The third-order valence-electron chi connectivity index (χ3n) is 5.50. The van der Waals surface area contributed by atoms with E-state index in [-0.39, 0.29) is 12.1 Å². The molecule has 0 bridgehead atoms. The van der Waals surface area contributed by atoms with E-state index >= 15 is 0 Å². The number of amides is 1. The molecule has 0 spiro atoms. The average Bonchev–Trinajstić information content (AvgIpc) is 3.10. The van der Waals surface area contributed by atoms with Gasteiger partial charge >= 0.3 is 6.09 Å². The molecule has 2 N–H and O–H groups in total. The van der Waals surface area contributed by atoms with Gasteiger partial charge in [0.2, 0.25) is 5.95 Å². The van der Waals surface area contributed by atoms with Crippen LogP contribution in [0.1, 0.15) is 70.9 Å². The van der Waals surface area contributed by atoms with Crippen molar-refractivity contribution in [1.82, 2.24) is 14.9 Å². The van der Waals surface area contributed by atoms with E-state index in [0.29, 0.717) is 25.0 Å². The molecule has 1 amide bonds. The molecule has 7 nitrogen and oxygen atoms in total. The number of nitrogens with zero attached hydrogens (tertiary/aromatic N) is 4. The summed E-state index contributed by atoms with van der Waals surface area (Å²) in [6.07, 6.45) is 6.82. The molecule has 1 aliphatic carbocycles. The number of aromatic nitrogens is 2. The Labute approximate surface area is 162 Å². The minimum Gasteiger partial charge on any atom is -0.444 e. The zero-order valence-electron chi connectivity index (χ0n) is 17.1. The number of anilines is 2. The third-order valence-corrected chi connectivity index (χ3v) is 5.50. The zero-order valence-corrected chi connectivity index (χ0v) is 17.1. The van der Waals surface area contributed by atoms with E-state index in [0.717, 1.165) is 17.9 Å². The van der Waals surface area contributed by atoms with Gasteiger partial charge in [-0.15, -0.1) is 0 Å². The first-order valence-corrected chi connectivity index (χ1v) is 10.1. The Morgan fingerprint density at radius 3 is 2.59 bits per heavy atom. The summed E-state index contributed by atoms with van der Waals surface area (Å²) in [5.41, 5.74) is 6.60. The second-order valence-corrected chi connectivity index (χ2v) is 8.82. The Hall–Kier alpha value is -2.05. The van der Waals surface area contributed by atoms with Gasteiger partial charge in [-0.25, -0.2) is 9.78 Å².